The molecule has 0 fully saturated rings. The van der Waals surface area contributed by atoms with E-state index in [1.807, 2.05) is 59.3 Å². The standard InChI is InChI=1S/C22H16N6O/c29-22(26-21-10-12-23-20-11-14-25-28(20)21)17-7-4-8-18(15-17)27-19(9-13-24-27)16-5-2-1-3-6-16/h1-15H,(H,26,29). The number of amides is 1. The summed E-state index contributed by atoms with van der Waals surface area (Å²) >= 11 is 0. The van der Waals surface area contributed by atoms with Gasteiger partial charge < -0.3 is 5.32 Å². The zero-order valence-electron chi connectivity index (χ0n) is 15.3. The predicted octanol–water partition coefficient (Wildman–Crippen LogP) is 3.83. The second kappa shape index (κ2) is 7.05. The van der Waals surface area contributed by atoms with Crippen LogP contribution in [0.5, 0.6) is 0 Å². The number of anilines is 1. The zero-order chi connectivity index (χ0) is 19.6. The quantitative estimate of drug-likeness (QED) is 0.514. The van der Waals surface area contributed by atoms with Crippen LogP contribution in [0.15, 0.2) is 91.4 Å². The highest BCUT2D eigenvalue weighted by Crippen LogP contribution is 2.23. The number of hydrogen-bond acceptors (Lipinski definition) is 4. The van der Waals surface area contributed by atoms with E-state index in [9.17, 15) is 4.79 Å². The second-order valence-corrected chi connectivity index (χ2v) is 6.43. The van der Waals surface area contributed by atoms with Gasteiger partial charge >= 0.3 is 0 Å². The molecule has 0 aliphatic rings. The molecule has 1 N–H and O–H groups in total. The number of fused-ring (bicyclic) bond motifs is 1. The number of carbonyl (C=O) groups is 1. The Kier molecular flexibility index (Phi) is 4.10. The summed E-state index contributed by atoms with van der Waals surface area (Å²) < 4.78 is 3.41. The minimum Gasteiger partial charge on any atom is -0.306 e. The van der Waals surface area contributed by atoms with Crippen LogP contribution in [0.3, 0.4) is 0 Å². The molecule has 0 aliphatic carbocycles. The third kappa shape index (κ3) is 3.14. The van der Waals surface area contributed by atoms with Crippen LogP contribution in [0.2, 0.25) is 0 Å². The number of nitrogens with one attached hydrogen (secondary N) is 1. The van der Waals surface area contributed by atoms with Gasteiger partial charge in [0.25, 0.3) is 5.91 Å². The van der Waals surface area contributed by atoms with Crippen molar-refractivity contribution in [3.8, 4) is 16.9 Å². The predicted molar refractivity (Wildman–Crippen MR) is 110 cm³/mol. The van der Waals surface area contributed by atoms with Gasteiger partial charge in [0.15, 0.2) is 5.65 Å². The van der Waals surface area contributed by atoms with Gasteiger partial charge in [-0.25, -0.2) is 9.67 Å². The summed E-state index contributed by atoms with van der Waals surface area (Å²) in [4.78, 5) is 17.1. The van der Waals surface area contributed by atoms with Gasteiger partial charge in [0, 0.05) is 23.4 Å². The van der Waals surface area contributed by atoms with Crippen molar-refractivity contribution >= 4 is 17.4 Å². The average Bonchev–Trinajstić information content (AvgIpc) is 3.45. The number of carbonyl (C=O) groups excluding carboxylic acids is 1. The Balaban J connectivity index is 1.47. The third-order valence-electron chi connectivity index (χ3n) is 4.60. The van der Waals surface area contributed by atoms with Gasteiger partial charge in [-0.15, -0.1) is 0 Å². The lowest BCUT2D eigenvalue weighted by Gasteiger charge is -2.10. The fraction of sp³-hybridized carbons (Fsp3) is 0. The summed E-state index contributed by atoms with van der Waals surface area (Å²) in [6, 6.07) is 22.8. The summed E-state index contributed by atoms with van der Waals surface area (Å²) in [7, 11) is 0. The molecule has 5 aromatic rings. The van der Waals surface area contributed by atoms with Crippen molar-refractivity contribution in [2.75, 3.05) is 5.32 Å². The first-order chi connectivity index (χ1) is 14.3. The zero-order valence-corrected chi connectivity index (χ0v) is 15.3. The van der Waals surface area contributed by atoms with Gasteiger partial charge in [-0.2, -0.15) is 14.7 Å². The molecule has 0 spiro atoms. The molecular weight excluding hydrogens is 364 g/mol. The number of aromatic nitrogens is 5. The number of hydrogen-bond donors (Lipinski definition) is 1. The fourth-order valence-electron chi connectivity index (χ4n) is 3.23. The Morgan fingerprint density at radius 1 is 0.828 bits per heavy atom. The molecular formula is C22H16N6O. The summed E-state index contributed by atoms with van der Waals surface area (Å²) in [5.41, 5.74) is 4.00. The molecule has 0 radical (unpaired) electrons. The summed E-state index contributed by atoms with van der Waals surface area (Å²) in [6.07, 6.45) is 5.03. The van der Waals surface area contributed by atoms with Gasteiger partial charge in [0.2, 0.25) is 0 Å². The first-order valence-electron chi connectivity index (χ1n) is 9.09. The average molecular weight is 380 g/mol. The number of nitrogens with zero attached hydrogens (tertiary/aromatic N) is 5. The molecule has 29 heavy (non-hydrogen) atoms. The van der Waals surface area contributed by atoms with E-state index in [4.69, 9.17) is 0 Å². The molecule has 3 aromatic heterocycles. The number of benzene rings is 2. The molecule has 0 saturated carbocycles. The van der Waals surface area contributed by atoms with E-state index in [1.165, 1.54) is 0 Å². The maximum absolute atomic E-state index is 12.9. The lowest BCUT2D eigenvalue weighted by molar-refractivity contribution is 0.102. The van der Waals surface area contributed by atoms with E-state index in [-0.39, 0.29) is 5.91 Å². The minimum atomic E-state index is -0.233. The Labute approximate surface area is 166 Å². The number of rotatable bonds is 4. The van der Waals surface area contributed by atoms with Crippen molar-refractivity contribution in [2.24, 2.45) is 0 Å². The van der Waals surface area contributed by atoms with E-state index in [0.717, 1.165) is 16.9 Å². The molecule has 0 aliphatic heterocycles. The molecule has 7 heteroatoms. The Bertz CT molecular complexity index is 1310. The van der Waals surface area contributed by atoms with E-state index in [1.54, 1.807) is 41.3 Å². The molecule has 3 heterocycles. The first-order valence-corrected chi connectivity index (χ1v) is 9.09. The smallest absolute Gasteiger partial charge is 0.256 e. The normalized spacial score (nSPS) is 10.9. The highest BCUT2D eigenvalue weighted by atomic mass is 16.1. The van der Waals surface area contributed by atoms with Gasteiger partial charge in [-0.05, 0) is 30.3 Å². The van der Waals surface area contributed by atoms with Crippen LogP contribution in [0.1, 0.15) is 10.4 Å². The fourth-order valence-corrected chi connectivity index (χ4v) is 3.23. The molecule has 5 rings (SSSR count). The Morgan fingerprint density at radius 3 is 2.59 bits per heavy atom. The van der Waals surface area contributed by atoms with Crippen LogP contribution in [0.4, 0.5) is 5.82 Å². The Morgan fingerprint density at radius 2 is 1.69 bits per heavy atom. The lowest BCUT2D eigenvalue weighted by atomic mass is 10.1. The molecule has 140 valence electrons. The molecule has 0 atom stereocenters. The largest absolute Gasteiger partial charge is 0.306 e. The van der Waals surface area contributed by atoms with E-state index in [0.29, 0.717) is 17.0 Å². The molecule has 0 bridgehead atoms. The van der Waals surface area contributed by atoms with Crippen molar-refractivity contribution in [1.29, 1.82) is 0 Å². The van der Waals surface area contributed by atoms with Crippen molar-refractivity contribution in [1.82, 2.24) is 24.4 Å². The van der Waals surface area contributed by atoms with Gasteiger partial charge in [-0.3, -0.25) is 4.79 Å². The Hall–Kier alpha value is -4.26. The van der Waals surface area contributed by atoms with Crippen molar-refractivity contribution < 1.29 is 4.79 Å². The second-order valence-electron chi connectivity index (χ2n) is 6.43. The third-order valence-corrected chi connectivity index (χ3v) is 4.60. The summed E-state index contributed by atoms with van der Waals surface area (Å²) in [6.45, 7) is 0. The minimum absolute atomic E-state index is 0.233. The van der Waals surface area contributed by atoms with E-state index in [2.05, 4.69) is 20.5 Å². The molecule has 0 unspecified atom stereocenters. The van der Waals surface area contributed by atoms with Crippen molar-refractivity contribution in [2.45, 2.75) is 0 Å². The van der Waals surface area contributed by atoms with Gasteiger partial charge in [-0.1, -0.05) is 36.4 Å². The molecule has 1 amide bonds. The van der Waals surface area contributed by atoms with Crippen LogP contribution in [0, 0.1) is 0 Å². The van der Waals surface area contributed by atoms with Crippen LogP contribution < -0.4 is 5.32 Å². The lowest BCUT2D eigenvalue weighted by Crippen LogP contribution is -2.15. The molecule has 0 saturated heterocycles. The van der Waals surface area contributed by atoms with Crippen LogP contribution >= 0.6 is 0 Å². The molecule has 2 aromatic carbocycles. The van der Waals surface area contributed by atoms with Crippen molar-refractivity contribution in [3.05, 3.63) is 97.0 Å². The highest BCUT2D eigenvalue weighted by molar-refractivity contribution is 6.04. The highest BCUT2D eigenvalue weighted by Gasteiger charge is 2.12. The first kappa shape index (κ1) is 16.9. The van der Waals surface area contributed by atoms with Crippen LogP contribution in [0.25, 0.3) is 22.6 Å². The maximum atomic E-state index is 12.9. The van der Waals surface area contributed by atoms with Crippen LogP contribution in [-0.4, -0.2) is 30.3 Å². The van der Waals surface area contributed by atoms with E-state index < -0.39 is 0 Å². The van der Waals surface area contributed by atoms with Crippen LogP contribution in [-0.2, 0) is 0 Å². The summed E-state index contributed by atoms with van der Waals surface area (Å²) in [5.74, 6) is 0.322. The molecule has 7 nitrogen and oxygen atoms in total. The maximum Gasteiger partial charge on any atom is 0.256 e. The van der Waals surface area contributed by atoms with Crippen molar-refractivity contribution in [3.63, 3.8) is 0 Å². The van der Waals surface area contributed by atoms with E-state index >= 15 is 0 Å². The summed E-state index contributed by atoms with van der Waals surface area (Å²) in [5, 5.41) is 11.5. The monoisotopic (exact) mass is 380 g/mol. The topological polar surface area (TPSA) is 77.1 Å². The van der Waals surface area contributed by atoms with Gasteiger partial charge in [0.05, 0.1) is 23.8 Å². The van der Waals surface area contributed by atoms with Gasteiger partial charge in [0.1, 0.15) is 5.82 Å². The SMILES string of the molecule is O=C(Nc1ccnc2ccnn12)c1cccc(-n2nccc2-c2ccccc2)c1.